The second-order valence-corrected chi connectivity index (χ2v) is 4.90. The topological polar surface area (TPSA) is 72.5 Å². The van der Waals surface area contributed by atoms with Crippen molar-refractivity contribution in [2.75, 3.05) is 13.2 Å². The summed E-state index contributed by atoms with van der Waals surface area (Å²) >= 11 is 0. The van der Waals surface area contributed by atoms with Gasteiger partial charge < -0.3 is 15.6 Å². The smallest absolute Gasteiger partial charge is 0.312 e. The van der Waals surface area contributed by atoms with E-state index in [1.165, 1.54) is 13.8 Å². The summed E-state index contributed by atoms with van der Waals surface area (Å²) < 4.78 is 32.3. The highest BCUT2D eigenvalue weighted by Gasteiger charge is 2.29. The van der Waals surface area contributed by atoms with Crippen LogP contribution < -0.4 is 10.5 Å². The lowest BCUT2D eigenvalue weighted by atomic mass is 9.95. The highest BCUT2D eigenvalue weighted by Crippen LogP contribution is 2.26. The Morgan fingerprint density at radius 1 is 1.37 bits per heavy atom. The van der Waals surface area contributed by atoms with Gasteiger partial charge in [-0.1, -0.05) is 0 Å². The second kappa shape index (κ2) is 5.97. The van der Waals surface area contributed by atoms with Crippen LogP contribution in [0.15, 0.2) is 12.1 Å². The molecule has 4 nitrogen and oxygen atoms in total. The monoisotopic (exact) mass is 273 g/mol. The Morgan fingerprint density at radius 3 is 2.32 bits per heavy atom. The van der Waals surface area contributed by atoms with E-state index in [-0.39, 0.29) is 13.2 Å². The van der Waals surface area contributed by atoms with Crippen LogP contribution in [0.1, 0.15) is 19.4 Å². The fourth-order valence-electron chi connectivity index (χ4n) is 1.38. The van der Waals surface area contributed by atoms with Gasteiger partial charge in [-0.25, -0.2) is 8.78 Å². The summed E-state index contributed by atoms with van der Waals surface area (Å²) in [4.78, 5) is 10.9. The molecule has 0 unspecified atom stereocenters. The van der Waals surface area contributed by atoms with Crippen LogP contribution in [-0.4, -0.2) is 24.2 Å². The molecule has 0 radical (unpaired) electrons. The first-order valence-corrected chi connectivity index (χ1v) is 5.82. The molecule has 0 fully saturated rings. The number of carboxylic acids is 1. The van der Waals surface area contributed by atoms with Crippen LogP contribution in [0.25, 0.3) is 0 Å². The van der Waals surface area contributed by atoms with Gasteiger partial charge in [0.05, 0.1) is 5.41 Å². The van der Waals surface area contributed by atoms with Gasteiger partial charge in [-0.05, 0) is 44.5 Å². The van der Waals surface area contributed by atoms with E-state index in [4.69, 9.17) is 15.6 Å². The normalized spacial score (nSPS) is 11.4. The number of aliphatic carboxylic acids is 1. The first-order valence-electron chi connectivity index (χ1n) is 5.82. The Bertz CT molecular complexity index is 452. The van der Waals surface area contributed by atoms with E-state index in [2.05, 4.69) is 0 Å². The number of hydrogen-bond acceptors (Lipinski definition) is 3. The summed E-state index contributed by atoms with van der Waals surface area (Å²) in [5.41, 5.74) is 4.51. The van der Waals surface area contributed by atoms with Gasteiger partial charge in [-0.2, -0.15) is 0 Å². The summed E-state index contributed by atoms with van der Waals surface area (Å²) in [7, 11) is 0. The predicted octanol–water partition coefficient (Wildman–Crippen LogP) is 1.96. The maximum Gasteiger partial charge on any atom is 0.312 e. The van der Waals surface area contributed by atoms with Crippen LogP contribution in [0.4, 0.5) is 8.78 Å². The van der Waals surface area contributed by atoms with Crippen molar-refractivity contribution >= 4 is 5.97 Å². The van der Waals surface area contributed by atoms with Crippen molar-refractivity contribution in [1.82, 2.24) is 0 Å². The van der Waals surface area contributed by atoms with Crippen molar-refractivity contribution in [3.63, 3.8) is 0 Å². The summed E-state index contributed by atoms with van der Waals surface area (Å²) in [6, 6.07) is 2.28. The molecule has 0 aromatic heterocycles. The Morgan fingerprint density at radius 2 is 1.89 bits per heavy atom. The van der Waals surface area contributed by atoms with Crippen molar-refractivity contribution in [2.24, 2.45) is 11.1 Å². The minimum Gasteiger partial charge on any atom is -0.486 e. The molecule has 0 aliphatic rings. The van der Waals surface area contributed by atoms with Gasteiger partial charge in [0.25, 0.3) is 0 Å². The second-order valence-electron chi connectivity index (χ2n) is 4.90. The van der Waals surface area contributed by atoms with Gasteiger partial charge in [0, 0.05) is 0 Å². The number of halogens is 2. The van der Waals surface area contributed by atoms with E-state index >= 15 is 0 Å². The SMILES string of the molecule is CC(C)(COc1c(F)cc(CCN)cc1F)C(=O)O. The van der Waals surface area contributed by atoms with Crippen molar-refractivity contribution in [1.29, 1.82) is 0 Å². The Labute approximate surface area is 110 Å². The minimum atomic E-state index is -1.23. The average molecular weight is 273 g/mol. The van der Waals surface area contributed by atoms with Crippen molar-refractivity contribution in [3.05, 3.63) is 29.3 Å². The van der Waals surface area contributed by atoms with Crippen molar-refractivity contribution in [3.8, 4) is 5.75 Å². The Kier molecular flexibility index (Phi) is 4.83. The van der Waals surface area contributed by atoms with Gasteiger partial charge in [-0.15, -0.1) is 0 Å². The molecule has 1 rings (SSSR count). The van der Waals surface area contributed by atoms with Crippen LogP contribution >= 0.6 is 0 Å². The molecular weight excluding hydrogens is 256 g/mol. The molecule has 0 spiro atoms. The van der Waals surface area contributed by atoms with Crippen molar-refractivity contribution in [2.45, 2.75) is 20.3 Å². The fourth-order valence-corrected chi connectivity index (χ4v) is 1.38. The van der Waals surface area contributed by atoms with E-state index in [9.17, 15) is 13.6 Å². The number of carbonyl (C=O) groups is 1. The third-order valence-electron chi connectivity index (χ3n) is 2.65. The molecule has 0 saturated carbocycles. The highest BCUT2D eigenvalue weighted by atomic mass is 19.1. The molecule has 0 amide bonds. The van der Waals surface area contributed by atoms with Crippen molar-refractivity contribution < 1.29 is 23.4 Å². The number of nitrogens with two attached hydrogens (primary N) is 1. The van der Waals surface area contributed by atoms with Gasteiger partial charge in [0.2, 0.25) is 0 Å². The summed E-state index contributed by atoms with van der Waals surface area (Å²) in [6.07, 6.45) is 0.356. The highest BCUT2D eigenvalue weighted by molar-refractivity contribution is 5.73. The molecule has 0 aliphatic heterocycles. The number of benzene rings is 1. The maximum atomic E-state index is 13.7. The number of rotatable bonds is 6. The first kappa shape index (κ1) is 15.4. The molecule has 106 valence electrons. The number of hydrogen-bond donors (Lipinski definition) is 2. The molecule has 0 heterocycles. The molecule has 0 aliphatic carbocycles. The van der Waals surface area contributed by atoms with Gasteiger partial charge >= 0.3 is 5.97 Å². The minimum absolute atomic E-state index is 0.283. The molecule has 0 atom stereocenters. The number of carboxylic acid groups (broad SMARTS) is 1. The quantitative estimate of drug-likeness (QED) is 0.831. The third-order valence-corrected chi connectivity index (χ3v) is 2.65. The molecule has 19 heavy (non-hydrogen) atoms. The predicted molar refractivity (Wildman–Crippen MR) is 66.0 cm³/mol. The van der Waals surface area contributed by atoms with Crippen LogP contribution in [0.3, 0.4) is 0 Å². The van der Waals surface area contributed by atoms with E-state index in [0.717, 1.165) is 12.1 Å². The van der Waals surface area contributed by atoms with Crippen LogP contribution in [-0.2, 0) is 11.2 Å². The van der Waals surface area contributed by atoms with Crippen LogP contribution in [0, 0.1) is 17.0 Å². The maximum absolute atomic E-state index is 13.7. The van der Waals surface area contributed by atoms with E-state index in [1.54, 1.807) is 0 Å². The lowest BCUT2D eigenvalue weighted by Gasteiger charge is -2.20. The first-order chi connectivity index (χ1) is 8.77. The summed E-state index contributed by atoms with van der Waals surface area (Å²) in [6.45, 7) is 2.78. The Balaban J connectivity index is 2.88. The van der Waals surface area contributed by atoms with Crippen LogP contribution in [0.5, 0.6) is 5.75 Å². The van der Waals surface area contributed by atoms with E-state index in [1.807, 2.05) is 0 Å². The zero-order valence-electron chi connectivity index (χ0n) is 10.9. The molecule has 3 N–H and O–H groups in total. The molecule has 0 saturated heterocycles. The summed E-state index contributed by atoms with van der Waals surface area (Å²) in [5.74, 6) is -3.38. The lowest BCUT2D eigenvalue weighted by Crippen LogP contribution is -2.31. The largest absolute Gasteiger partial charge is 0.486 e. The van der Waals surface area contributed by atoms with E-state index < -0.39 is 28.8 Å². The average Bonchev–Trinajstić information content (AvgIpc) is 2.27. The molecule has 1 aromatic carbocycles. The molecular formula is C13H17F2NO3. The zero-order chi connectivity index (χ0) is 14.6. The fraction of sp³-hybridized carbons (Fsp3) is 0.462. The zero-order valence-corrected chi connectivity index (χ0v) is 10.9. The lowest BCUT2D eigenvalue weighted by molar-refractivity contribution is -0.148. The number of ether oxygens (including phenoxy) is 1. The summed E-state index contributed by atoms with van der Waals surface area (Å²) in [5, 5.41) is 8.89. The van der Waals surface area contributed by atoms with Gasteiger partial charge in [-0.3, -0.25) is 4.79 Å². The third kappa shape index (κ3) is 3.89. The molecule has 0 bridgehead atoms. The molecule has 1 aromatic rings. The van der Waals surface area contributed by atoms with Gasteiger partial charge in [0.15, 0.2) is 17.4 Å². The Hall–Kier alpha value is -1.69. The standard InChI is InChI=1S/C13H17F2NO3/c1-13(2,12(17)18)7-19-11-9(14)5-8(3-4-16)6-10(11)15/h5-6H,3-4,7,16H2,1-2H3,(H,17,18). The molecule has 6 heteroatoms. The van der Waals surface area contributed by atoms with Gasteiger partial charge in [0.1, 0.15) is 6.61 Å². The van der Waals surface area contributed by atoms with E-state index in [0.29, 0.717) is 12.0 Å². The van der Waals surface area contributed by atoms with Crippen LogP contribution in [0.2, 0.25) is 0 Å².